The van der Waals surface area contributed by atoms with Gasteiger partial charge in [-0.25, -0.2) is 0 Å². The largest absolute Gasteiger partial charge is 0.462 e. The van der Waals surface area contributed by atoms with E-state index in [-0.39, 0.29) is 31.1 Å². The molecule has 0 saturated carbocycles. The van der Waals surface area contributed by atoms with Gasteiger partial charge in [-0.05, 0) is 77.0 Å². The standard InChI is InChI=1S/C59H104O6/c1-4-7-10-13-16-19-22-24-26-28-30-32-33-35-37-40-43-46-49-52-58(61)64-55-56(54-63-57(60)51-48-45-42-39-21-18-15-12-9-6-3)65-59(62)53-50-47-44-41-38-36-34-31-29-27-25-23-20-17-14-11-8-5-2/h7,10,15-16,18-19,24,26,30,32,56H,4-6,8-9,11-14,17,20-23,25,27-29,31,33-55H2,1-3H3/b10-7-,18-15-,19-16-,26-24-,32-30-. The first-order chi connectivity index (χ1) is 32.0. The lowest BCUT2D eigenvalue weighted by Crippen LogP contribution is -2.30. The van der Waals surface area contributed by atoms with E-state index in [2.05, 4.69) is 81.5 Å². The van der Waals surface area contributed by atoms with E-state index < -0.39 is 6.10 Å². The summed E-state index contributed by atoms with van der Waals surface area (Å²) in [5.74, 6) is -0.900. The molecule has 0 amide bonds. The third kappa shape index (κ3) is 51.9. The second kappa shape index (κ2) is 53.7. The maximum Gasteiger partial charge on any atom is 0.306 e. The highest BCUT2D eigenvalue weighted by atomic mass is 16.6. The van der Waals surface area contributed by atoms with Crippen molar-refractivity contribution in [2.75, 3.05) is 13.2 Å². The summed E-state index contributed by atoms with van der Waals surface area (Å²) in [7, 11) is 0. The molecule has 0 saturated heterocycles. The van der Waals surface area contributed by atoms with Gasteiger partial charge in [-0.1, -0.05) is 242 Å². The molecule has 0 aromatic carbocycles. The van der Waals surface area contributed by atoms with Gasteiger partial charge in [0.2, 0.25) is 0 Å². The Morgan fingerprint density at radius 3 is 1.00 bits per heavy atom. The number of unbranched alkanes of at least 4 members (excludes halogenated alkanes) is 29. The Morgan fingerprint density at radius 1 is 0.323 bits per heavy atom. The van der Waals surface area contributed by atoms with Gasteiger partial charge in [0.25, 0.3) is 0 Å². The zero-order valence-electron chi connectivity index (χ0n) is 43.0. The summed E-state index contributed by atoms with van der Waals surface area (Å²) in [4.78, 5) is 38.0. The number of hydrogen-bond donors (Lipinski definition) is 0. The van der Waals surface area contributed by atoms with Gasteiger partial charge < -0.3 is 14.2 Å². The fourth-order valence-corrected chi connectivity index (χ4v) is 7.83. The highest BCUT2D eigenvalue weighted by Crippen LogP contribution is 2.16. The lowest BCUT2D eigenvalue weighted by Gasteiger charge is -2.18. The fraction of sp³-hybridized carbons (Fsp3) is 0.780. The Balaban J connectivity index is 4.33. The quantitative estimate of drug-likeness (QED) is 0.0262. The molecule has 0 aliphatic carbocycles. The van der Waals surface area contributed by atoms with Gasteiger partial charge in [0.05, 0.1) is 0 Å². The van der Waals surface area contributed by atoms with Crippen molar-refractivity contribution in [1.29, 1.82) is 0 Å². The zero-order chi connectivity index (χ0) is 47.2. The molecule has 0 fully saturated rings. The minimum atomic E-state index is -0.782. The van der Waals surface area contributed by atoms with E-state index >= 15 is 0 Å². The van der Waals surface area contributed by atoms with Crippen LogP contribution in [0.5, 0.6) is 0 Å². The number of carbonyl (C=O) groups excluding carboxylic acids is 3. The molecule has 0 bridgehead atoms. The van der Waals surface area contributed by atoms with Crippen molar-refractivity contribution >= 4 is 17.9 Å². The normalized spacial score (nSPS) is 12.5. The summed E-state index contributed by atoms with van der Waals surface area (Å²) in [6, 6.07) is 0. The monoisotopic (exact) mass is 909 g/mol. The predicted octanol–water partition coefficient (Wildman–Crippen LogP) is 18.4. The topological polar surface area (TPSA) is 78.9 Å². The molecule has 0 aromatic rings. The van der Waals surface area contributed by atoms with Crippen molar-refractivity contribution in [3.05, 3.63) is 60.8 Å². The summed E-state index contributed by atoms with van der Waals surface area (Å²) >= 11 is 0. The third-order valence-corrected chi connectivity index (χ3v) is 12.0. The first-order valence-corrected chi connectivity index (χ1v) is 27.8. The van der Waals surface area contributed by atoms with Crippen LogP contribution in [0.1, 0.15) is 278 Å². The Hall–Kier alpha value is -2.89. The molecule has 0 radical (unpaired) electrons. The molecular weight excluding hydrogens is 805 g/mol. The van der Waals surface area contributed by atoms with Gasteiger partial charge in [-0.3, -0.25) is 14.4 Å². The number of esters is 3. The first kappa shape index (κ1) is 62.1. The summed E-state index contributed by atoms with van der Waals surface area (Å²) in [6.45, 7) is 6.49. The Morgan fingerprint density at radius 2 is 0.615 bits per heavy atom. The molecule has 6 heteroatoms. The Labute approximate surface area is 402 Å². The highest BCUT2D eigenvalue weighted by Gasteiger charge is 2.19. The number of rotatable bonds is 50. The predicted molar refractivity (Wildman–Crippen MR) is 279 cm³/mol. The average Bonchev–Trinajstić information content (AvgIpc) is 3.30. The molecule has 6 nitrogen and oxygen atoms in total. The van der Waals surface area contributed by atoms with Gasteiger partial charge in [-0.15, -0.1) is 0 Å². The lowest BCUT2D eigenvalue weighted by atomic mass is 10.0. The van der Waals surface area contributed by atoms with Crippen molar-refractivity contribution in [1.82, 2.24) is 0 Å². The van der Waals surface area contributed by atoms with Crippen LogP contribution in [0.3, 0.4) is 0 Å². The van der Waals surface area contributed by atoms with Crippen molar-refractivity contribution in [2.24, 2.45) is 0 Å². The van der Waals surface area contributed by atoms with Crippen LogP contribution in [0, 0.1) is 0 Å². The summed E-state index contributed by atoms with van der Waals surface area (Å²) in [5, 5.41) is 0. The maximum absolute atomic E-state index is 12.8. The van der Waals surface area contributed by atoms with Crippen LogP contribution in [-0.2, 0) is 28.6 Å². The van der Waals surface area contributed by atoms with Crippen molar-refractivity contribution in [2.45, 2.75) is 284 Å². The van der Waals surface area contributed by atoms with Crippen LogP contribution in [0.4, 0.5) is 0 Å². The van der Waals surface area contributed by atoms with Crippen LogP contribution >= 0.6 is 0 Å². The SMILES string of the molecule is CC/C=C\C/C=C\C/C=C\C/C=C\CCCCCCCCC(=O)OCC(COC(=O)CCCCCC/C=C\CCCC)OC(=O)CCCCCCCCCCCCCCCCCCCC. The second-order valence-electron chi connectivity index (χ2n) is 18.5. The van der Waals surface area contributed by atoms with Crippen LogP contribution in [-0.4, -0.2) is 37.2 Å². The van der Waals surface area contributed by atoms with E-state index in [4.69, 9.17) is 14.2 Å². The van der Waals surface area contributed by atoms with Crippen LogP contribution in [0.25, 0.3) is 0 Å². The average molecular weight is 909 g/mol. The third-order valence-electron chi connectivity index (χ3n) is 12.0. The first-order valence-electron chi connectivity index (χ1n) is 27.8. The van der Waals surface area contributed by atoms with E-state index in [1.807, 2.05) is 0 Å². The number of carbonyl (C=O) groups is 3. The number of allylic oxidation sites excluding steroid dienone is 10. The van der Waals surface area contributed by atoms with E-state index in [1.54, 1.807) is 0 Å². The Bertz CT molecular complexity index is 1180. The Kier molecular flexibility index (Phi) is 51.3. The summed E-state index contributed by atoms with van der Waals surface area (Å²) < 4.78 is 16.8. The van der Waals surface area contributed by atoms with E-state index in [0.717, 1.165) is 109 Å². The van der Waals surface area contributed by atoms with E-state index in [1.165, 1.54) is 128 Å². The van der Waals surface area contributed by atoms with Crippen LogP contribution < -0.4 is 0 Å². The molecule has 1 unspecified atom stereocenters. The number of hydrogen-bond acceptors (Lipinski definition) is 6. The molecule has 1 atom stereocenters. The van der Waals surface area contributed by atoms with Gasteiger partial charge in [0.15, 0.2) is 6.10 Å². The molecule has 0 aliphatic rings. The summed E-state index contributed by atoms with van der Waals surface area (Å²) in [6.07, 6.45) is 66.4. The smallest absolute Gasteiger partial charge is 0.306 e. The van der Waals surface area contributed by atoms with Crippen molar-refractivity contribution in [3.63, 3.8) is 0 Å². The summed E-state index contributed by atoms with van der Waals surface area (Å²) in [5.41, 5.74) is 0. The molecule has 65 heavy (non-hydrogen) atoms. The molecule has 0 rings (SSSR count). The van der Waals surface area contributed by atoms with Gasteiger partial charge in [0, 0.05) is 19.3 Å². The molecule has 0 heterocycles. The molecule has 0 aromatic heterocycles. The number of ether oxygens (including phenoxy) is 3. The molecule has 376 valence electrons. The van der Waals surface area contributed by atoms with Crippen LogP contribution in [0.2, 0.25) is 0 Å². The lowest BCUT2D eigenvalue weighted by molar-refractivity contribution is -0.167. The van der Waals surface area contributed by atoms with Gasteiger partial charge >= 0.3 is 17.9 Å². The van der Waals surface area contributed by atoms with Crippen molar-refractivity contribution < 1.29 is 28.6 Å². The molecular formula is C59H104O6. The van der Waals surface area contributed by atoms with Gasteiger partial charge in [-0.2, -0.15) is 0 Å². The highest BCUT2D eigenvalue weighted by molar-refractivity contribution is 5.71. The van der Waals surface area contributed by atoms with Gasteiger partial charge in [0.1, 0.15) is 13.2 Å². The molecule has 0 N–H and O–H groups in total. The maximum atomic E-state index is 12.8. The minimum absolute atomic E-state index is 0.0829. The second-order valence-corrected chi connectivity index (χ2v) is 18.5. The minimum Gasteiger partial charge on any atom is -0.462 e. The fourth-order valence-electron chi connectivity index (χ4n) is 7.83. The molecule has 0 aliphatic heterocycles. The van der Waals surface area contributed by atoms with Crippen molar-refractivity contribution in [3.8, 4) is 0 Å². The van der Waals surface area contributed by atoms with Crippen LogP contribution in [0.15, 0.2) is 60.8 Å². The van der Waals surface area contributed by atoms with E-state index in [9.17, 15) is 14.4 Å². The van der Waals surface area contributed by atoms with E-state index in [0.29, 0.717) is 19.3 Å². The molecule has 0 spiro atoms. The zero-order valence-corrected chi connectivity index (χ0v) is 43.0.